The summed E-state index contributed by atoms with van der Waals surface area (Å²) in [5.41, 5.74) is 5.93. The number of nitrogens with two attached hydrogens (primary N) is 1. The second kappa shape index (κ2) is 4.68. The summed E-state index contributed by atoms with van der Waals surface area (Å²) in [6.07, 6.45) is 2.22. The molecule has 6 heteroatoms. The molecule has 0 bridgehead atoms. The minimum atomic E-state index is -0.669. The van der Waals surface area contributed by atoms with Crippen LogP contribution in [0.2, 0.25) is 0 Å². The summed E-state index contributed by atoms with van der Waals surface area (Å²) in [5.74, 6) is -0.781. The van der Waals surface area contributed by atoms with Gasteiger partial charge in [0.1, 0.15) is 5.69 Å². The van der Waals surface area contributed by atoms with Crippen LogP contribution in [-0.2, 0) is 15.1 Å². The molecule has 1 aliphatic rings. The highest BCUT2D eigenvalue weighted by Crippen LogP contribution is 2.40. The number of aromatic nitrogens is 2. The van der Waals surface area contributed by atoms with Crippen molar-refractivity contribution in [2.24, 2.45) is 5.73 Å². The van der Waals surface area contributed by atoms with E-state index in [1.807, 2.05) is 20.8 Å². The molecule has 0 unspecified atom stereocenters. The zero-order valence-electron chi connectivity index (χ0n) is 11.5. The fourth-order valence-electron chi connectivity index (χ4n) is 1.85. The van der Waals surface area contributed by atoms with Crippen molar-refractivity contribution in [1.29, 1.82) is 0 Å². The number of hydrogen-bond acceptors (Lipinski definition) is 4. The van der Waals surface area contributed by atoms with E-state index < -0.39 is 18.5 Å². The molecule has 1 heterocycles. The number of ether oxygens (including phenoxy) is 1. The third-order valence-corrected chi connectivity index (χ3v) is 2.91. The van der Waals surface area contributed by atoms with Gasteiger partial charge in [-0.3, -0.25) is 9.48 Å². The third-order valence-electron chi connectivity index (χ3n) is 2.91. The Morgan fingerprint density at radius 1 is 1.47 bits per heavy atom. The van der Waals surface area contributed by atoms with Gasteiger partial charge in [0.05, 0.1) is 11.2 Å². The number of carbonyl (C=O) groups excluding carboxylic acids is 2. The predicted molar refractivity (Wildman–Crippen MR) is 68.7 cm³/mol. The van der Waals surface area contributed by atoms with Crippen LogP contribution in [0.1, 0.15) is 55.7 Å². The summed E-state index contributed by atoms with van der Waals surface area (Å²) in [4.78, 5) is 22.6. The molecule has 0 spiro atoms. The number of hydrogen-bond donors (Lipinski definition) is 1. The van der Waals surface area contributed by atoms with Gasteiger partial charge >= 0.3 is 5.97 Å². The molecule has 19 heavy (non-hydrogen) atoms. The molecule has 1 saturated carbocycles. The van der Waals surface area contributed by atoms with Gasteiger partial charge in [-0.2, -0.15) is 5.10 Å². The van der Waals surface area contributed by atoms with Gasteiger partial charge in [-0.05, 0) is 39.7 Å². The Labute approximate surface area is 111 Å². The first-order chi connectivity index (χ1) is 8.79. The molecule has 1 aromatic rings. The van der Waals surface area contributed by atoms with Gasteiger partial charge < -0.3 is 10.5 Å². The van der Waals surface area contributed by atoms with E-state index in [-0.39, 0.29) is 5.54 Å². The second-order valence-corrected chi connectivity index (χ2v) is 5.85. The molecule has 6 nitrogen and oxygen atoms in total. The maximum atomic E-state index is 12.0. The van der Waals surface area contributed by atoms with Crippen LogP contribution < -0.4 is 5.73 Å². The molecule has 0 aromatic carbocycles. The largest absolute Gasteiger partial charge is 0.451 e. The summed E-state index contributed by atoms with van der Waals surface area (Å²) in [6.45, 7) is 5.47. The summed E-state index contributed by atoms with van der Waals surface area (Å²) < 4.78 is 6.52. The van der Waals surface area contributed by atoms with Gasteiger partial charge in [0.2, 0.25) is 0 Å². The molecule has 2 N–H and O–H groups in total. The van der Waals surface area contributed by atoms with Crippen molar-refractivity contribution in [2.45, 2.75) is 45.1 Å². The minimum absolute atomic E-state index is 0.325. The summed E-state index contributed by atoms with van der Waals surface area (Å²) in [5, 5.41) is 4.49. The lowest BCUT2D eigenvalue weighted by Crippen LogP contribution is -2.29. The lowest BCUT2D eigenvalue weighted by molar-refractivity contribution is -0.121. The average molecular weight is 265 g/mol. The first-order valence-corrected chi connectivity index (χ1v) is 6.35. The van der Waals surface area contributed by atoms with Gasteiger partial charge in [0.15, 0.2) is 6.61 Å². The number of primary amides is 1. The second-order valence-electron chi connectivity index (χ2n) is 5.85. The smallest absolute Gasteiger partial charge is 0.357 e. The fourth-order valence-corrected chi connectivity index (χ4v) is 1.85. The fraction of sp³-hybridized carbons (Fsp3) is 0.615. The first-order valence-electron chi connectivity index (χ1n) is 6.35. The topological polar surface area (TPSA) is 87.2 Å². The maximum absolute atomic E-state index is 12.0. The van der Waals surface area contributed by atoms with Gasteiger partial charge in [0.25, 0.3) is 5.91 Å². The zero-order valence-corrected chi connectivity index (χ0v) is 11.5. The molecule has 0 saturated heterocycles. The van der Waals surface area contributed by atoms with Gasteiger partial charge in [-0.1, -0.05) is 0 Å². The summed E-state index contributed by atoms with van der Waals surface area (Å²) in [6, 6.07) is 1.76. The van der Waals surface area contributed by atoms with Gasteiger partial charge in [-0.15, -0.1) is 0 Å². The number of rotatable bonds is 4. The molecule has 1 fully saturated rings. The predicted octanol–water partition coefficient (Wildman–Crippen LogP) is 1.16. The van der Waals surface area contributed by atoms with Crippen LogP contribution in [0.15, 0.2) is 6.07 Å². The van der Waals surface area contributed by atoms with Gasteiger partial charge in [0, 0.05) is 5.92 Å². The van der Waals surface area contributed by atoms with Crippen LogP contribution in [-0.4, -0.2) is 28.3 Å². The normalized spacial score (nSPS) is 15.3. The lowest BCUT2D eigenvalue weighted by atomic mass is 10.1. The molecule has 1 aliphatic carbocycles. The van der Waals surface area contributed by atoms with Crippen LogP contribution in [0.4, 0.5) is 0 Å². The standard InChI is InChI=1S/C13H19N3O3/c1-13(2,3)16-10(12(18)19-7-11(14)17)6-9(15-16)8-4-5-8/h6,8H,4-5,7H2,1-3H3,(H2,14,17). The number of amides is 1. The highest BCUT2D eigenvalue weighted by Gasteiger charge is 2.31. The lowest BCUT2D eigenvalue weighted by Gasteiger charge is -2.21. The molecule has 1 aromatic heterocycles. The van der Waals surface area contributed by atoms with Gasteiger partial charge in [-0.25, -0.2) is 4.79 Å². The molecule has 1 amide bonds. The Balaban J connectivity index is 2.26. The Morgan fingerprint density at radius 2 is 2.11 bits per heavy atom. The van der Waals surface area contributed by atoms with Crippen molar-refractivity contribution >= 4 is 11.9 Å². The Hall–Kier alpha value is -1.85. The number of esters is 1. The minimum Gasteiger partial charge on any atom is -0.451 e. The number of carbonyl (C=O) groups is 2. The highest BCUT2D eigenvalue weighted by atomic mass is 16.5. The Morgan fingerprint density at radius 3 is 2.58 bits per heavy atom. The van der Waals surface area contributed by atoms with Crippen LogP contribution in [0.25, 0.3) is 0 Å². The molecular weight excluding hydrogens is 246 g/mol. The number of nitrogens with zero attached hydrogens (tertiary/aromatic N) is 2. The summed E-state index contributed by atoms with van der Waals surface area (Å²) in [7, 11) is 0. The SMILES string of the molecule is CC(C)(C)n1nc(C2CC2)cc1C(=O)OCC(N)=O. The van der Waals surface area contributed by atoms with Crippen molar-refractivity contribution < 1.29 is 14.3 Å². The maximum Gasteiger partial charge on any atom is 0.357 e. The zero-order chi connectivity index (χ0) is 14.2. The Bertz CT molecular complexity index is 510. The van der Waals surface area contributed by atoms with E-state index in [4.69, 9.17) is 10.5 Å². The van der Waals surface area contributed by atoms with E-state index in [0.29, 0.717) is 11.6 Å². The highest BCUT2D eigenvalue weighted by molar-refractivity contribution is 5.89. The van der Waals surface area contributed by atoms with Crippen LogP contribution in [0.3, 0.4) is 0 Å². The van der Waals surface area contributed by atoms with E-state index in [1.165, 1.54) is 0 Å². The van der Waals surface area contributed by atoms with E-state index in [1.54, 1.807) is 10.7 Å². The van der Waals surface area contributed by atoms with Crippen molar-refractivity contribution in [3.63, 3.8) is 0 Å². The van der Waals surface area contributed by atoms with E-state index in [2.05, 4.69) is 5.10 Å². The van der Waals surface area contributed by atoms with E-state index >= 15 is 0 Å². The van der Waals surface area contributed by atoms with Crippen molar-refractivity contribution in [2.75, 3.05) is 6.61 Å². The molecule has 104 valence electrons. The van der Waals surface area contributed by atoms with Crippen molar-refractivity contribution in [3.8, 4) is 0 Å². The molecule has 2 rings (SSSR count). The third kappa shape index (κ3) is 3.13. The molecule has 0 aliphatic heterocycles. The monoisotopic (exact) mass is 265 g/mol. The van der Waals surface area contributed by atoms with E-state index in [0.717, 1.165) is 18.5 Å². The summed E-state index contributed by atoms with van der Waals surface area (Å²) >= 11 is 0. The van der Waals surface area contributed by atoms with Crippen LogP contribution >= 0.6 is 0 Å². The average Bonchev–Trinajstić information content (AvgIpc) is 3.03. The van der Waals surface area contributed by atoms with Crippen molar-refractivity contribution in [1.82, 2.24) is 9.78 Å². The van der Waals surface area contributed by atoms with Crippen LogP contribution in [0.5, 0.6) is 0 Å². The van der Waals surface area contributed by atoms with Crippen LogP contribution in [0, 0.1) is 0 Å². The quantitative estimate of drug-likeness (QED) is 0.827. The first kappa shape index (κ1) is 13.6. The molecule has 0 radical (unpaired) electrons. The van der Waals surface area contributed by atoms with Crippen molar-refractivity contribution in [3.05, 3.63) is 17.5 Å². The molecular formula is C13H19N3O3. The molecule has 0 atom stereocenters. The Kier molecular flexibility index (Phi) is 3.34. The van der Waals surface area contributed by atoms with E-state index in [9.17, 15) is 9.59 Å².